The van der Waals surface area contributed by atoms with E-state index < -0.39 is 0 Å². The molecule has 0 fully saturated rings. The summed E-state index contributed by atoms with van der Waals surface area (Å²) < 4.78 is 0. The molecule has 64 valence electrons. The lowest BCUT2D eigenvalue weighted by Crippen LogP contribution is -1.80. The van der Waals surface area contributed by atoms with Crippen LogP contribution >= 0.6 is 11.8 Å². The van der Waals surface area contributed by atoms with E-state index in [0.717, 1.165) is 12.2 Å². The predicted octanol–water partition coefficient (Wildman–Crippen LogP) is 2.63. The van der Waals surface area contributed by atoms with Crippen LogP contribution in [0, 0.1) is 0 Å². The molecule has 0 saturated carbocycles. The fourth-order valence-electron chi connectivity index (χ4n) is 0.804. The van der Waals surface area contributed by atoms with E-state index in [1.807, 2.05) is 18.2 Å². The van der Waals surface area contributed by atoms with E-state index in [2.05, 4.69) is 17.3 Å². The Hall–Kier alpha value is -0.960. The van der Waals surface area contributed by atoms with Gasteiger partial charge in [-0.2, -0.15) is 0 Å². The van der Waals surface area contributed by atoms with Crippen LogP contribution < -0.4 is 0 Å². The first kappa shape index (κ1) is 9.13. The lowest BCUT2D eigenvalue weighted by atomic mass is 10.4. The zero-order valence-electron chi connectivity index (χ0n) is 6.68. The Bertz CT molecular complexity index is 236. The van der Waals surface area contributed by atoms with Crippen molar-refractivity contribution in [1.82, 2.24) is 0 Å². The van der Waals surface area contributed by atoms with Gasteiger partial charge in [-0.1, -0.05) is 18.2 Å². The summed E-state index contributed by atoms with van der Waals surface area (Å²) in [4.78, 5) is 1.25. The normalized spacial score (nSPS) is 10.7. The molecule has 1 rings (SSSR count). The molecule has 0 aliphatic heterocycles. The van der Waals surface area contributed by atoms with Crippen molar-refractivity contribution in [3.05, 3.63) is 30.3 Å². The summed E-state index contributed by atoms with van der Waals surface area (Å²) in [6.07, 6.45) is 2.31. The summed E-state index contributed by atoms with van der Waals surface area (Å²) in [7, 11) is 0. The summed E-state index contributed by atoms with van der Waals surface area (Å²) in [5.41, 5.74) is 0. The molecule has 0 amide bonds. The van der Waals surface area contributed by atoms with E-state index in [1.54, 1.807) is 11.8 Å². The first-order valence-corrected chi connectivity index (χ1v) is 4.76. The van der Waals surface area contributed by atoms with Crippen LogP contribution in [0.3, 0.4) is 0 Å². The maximum atomic E-state index is 8.12. The molecule has 0 spiro atoms. The molecule has 3 heteroatoms. The van der Waals surface area contributed by atoms with Crippen LogP contribution in [-0.2, 0) is 0 Å². The third-order valence-electron chi connectivity index (χ3n) is 1.34. The molecule has 0 aliphatic carbocycles. The third kappa shape index (κ3) is 3.44. The predicted molar refractivity (Wildman–Crippen MR) is 52.1 cm³/mol. The minimum atomic E-state index is 0.802. The number of thioether (sulfide) groups is 1. The largest absolute Gasteiger partial charge is 0.411 e. The van der Waals surface area contributed by atoms with Crippen LogP contribution in [0.1, 0.15) is 6.42 Å². The fraction of sp³-hybridized carbons (Fsp3) is 0.222. The van der Waals surface area contributed by atoms with Crippen molar-refractivity contribution in [2.45, 2.75) is 11.3 Å². The van der Waals surface area contributed by atoms with Gasteiger partial charge >= 0.3 is 0 Å². The zero-order chi connectivity index (χ0) is 8.65. The van der Waals surface area contributed by atoms with Gasteiger partial charge in [-0.15, -0.1) is 16.9 Å². The number of rotatable bonds is 4. The van der Waals surface area contributed by atoms with E-state index in [1.165, 1.54) is 11.1 Å². The van der Waals surface area contributed by atoms with Gasteiger partial charge < -0.3 is 5.21 Å². The van der Waals surface area contributed by atoms with Crippen molar-refractivity contribution in [3.63, 3.8) is 0 Å². The quantitative estimate of drug-likeness (QED) is 0.254. The first-order valence-electron chi connectivity index (χ1n) is 3.77. The maximum absolute atomic E-state index is 8.12. The molecule has 0 atom stereocenters. The van der Waals surface area contributed by atoms with E-state index in [-0.39, 0.29) is 0 Å². The molecule has 0 bridgehead atoms. The summed E-state index contributed by atoms with van der Waals surface area (Å²) in [6, 6.07) is 10.2. The van der Waals surface area contributed by atoms with Crippen molar-refractivity contribution < 1.29 is 5.21 Å². The van der Waals surface area contributed by atoms with Crippen molar-refractivity contribution in [2.24, 2.45) is 5.16 Å². The molecule has 0 saturated heterocycles. The SMILES string of the molecule is O/N=C/CCSc1ccccc1. The van der Waals surface area contributed by atoms with Crippen LogP contribution in [-0.4, -0.2) is 17.2 Å². The Morgan fingerprint density at radius 1 is 1.33 bits per heavy atom. The Morgan fingerprint density at radius 3 is 2.75 bits per heavy atom. The standard InChI is InChI=1S/C9H11NOS/c11-10-7-4-8-12-9-5-2-1-3-6-9/h1-3,5-7,11H,4,8H2/b10-7+. The summed E-state index contributed by atoms with van der Waals surface area (Å²) in [5, 5.41) is 11.1. The van der Waals surface area contributed by atoms with Gasteiger partial charge in [0.1, 0.15) is 0 Å². The summed E-state index contributed by atoms with van der Waals surface area (Å²) in [6.45, 7) is 0. The number of nitrogens with zero attached hydrogens (tertiary/aromatic N) is 1. The molecule has 0 aliphatic rings. The zero-order valence-corrected chi connectivity index (χ0v) is 7.50. The minimum Gasteiger partial charge on any atom is -0.411 e. The number of hydrogen-bond donors (Lipinski definition) is 1. The average Bonchev–Trinajstić information content (AvgIpc) is 2.14. The Kier molecular flexibility index (Phi) is 4.31. The van der Waals surface area contributed by atoms with Crippen LogP contribution in [0.15, 0.2) is 40.4 Å². The Labute approximate surface area is 76.3 Å². The topological polar surface area (TPSA) is 32.6 Å². The van der Waals surface area contributed by atoms with Crippen LogP contribution in [0.25, 0.3) is 0 Å². The highest BCUT2D eigenvalue weighted by atomic mass is 32.2. The van der Waals surface area contributed by atoms with Gasteiger partial charge in [0.25, 0.3) is 0 Å². The summed E-state index contributed by atoms with van der Waals surface area (Å²) >= 11 is 1.76. The first-order chi connectivity index (χ1) is 5.93. The summed E-state index contributed by atoms with van der Waals surface area (Å²) in [5.74, 6) is 0.952. The fourth-order valence-corrected chi connectivity index (χ4v) is 1.61. The molecule has 0 aromatic heterocycles. The maximum Gasteiger partial charge on any atom is 0.0444 e. The second-order valence-corrected chi connectivity index (χ2v) is 3.42. The van der Waals surface area contributed by atoms with E-state index >= 15 is 0 Å². The molecule has 12 heavy (non-hydrogen) atoms. The second kappa shape index (κ2) is 5.66. The molecule has 1 N–H and O–H groups in total. The van der Waals surface area contributed by atoms with E-state index in [0.29, 0.717) is 0 Å². The Balaban J connectivity index is 2.24. The highest BCUT2D eigenvalue weighted by Crippen LogP contribution is 2.16. The van der Waals surface area contributed by atoms with Crippen molar-refractivity contribution in [1.29, 1.82) is 0 Å². The van der Waals surface area contributed by atoms with E-state index in [4.69, 9.17) is 5.21 Å². The molecule has 0 heterocycles. The highest BCUT2D eigenvalue weighted by molar-refractivity contribution is 7.99. The molecule has 2 nitrogen and oxygen atoms in total. The number of hydrogen-bond acceptors (Lipinski definition) is 3. The number of oxime groups is 1. The van der Waals surface area contributed by atoms with Gasteiger partial charge in [0.15, 0.2) is 0 Å². The van der Waals surface area contributed by atoms with Crippen molar-refractivity contribution in [3.8, 4) is 0 Å². The van der Waals surface area contributed by atoms with Gasteiger partial charge in [0, 0.05) is 16.9 Å². The van der Waals surface area contributed by atoms with Crippen LogP contribution in [0.5, 0.6) is 0 Å². The molecular weight excluding hydrogens is 170 g/mol. The van der Waals surface area contributed by atoms with Gasteiger partial charge in [-0.3, -0.25) is 0 Å². The molecule has 1 aromatic carbocycles. The van der Waals surface area contributed by atoms with E-state index in [9.17, 15) is 0 Å². The van der Waals surface area contributed by atoms with Crippen molar-refractivity contribution in [2.75, 3.05) is 5.75 Å². The Morgan fingerprint density at radius 2 is 2.08 bits per heavy atom. The van der Waals surface area contributed by atoms with Crippen LogP contribution in [0.4, 0.5) is 0 Å². The monoisotopic (exact) mass is 181 g/mol. The lowest BCUT2D eigenvalue weighted by molar-refractivity contribution is 0.320. The van der Waals surface area contributed by atoms with Gasteiger partial charge in [0.05, 0.1) is 0 Å². The van der Waals surface area contributed by atoms with Crippen LogP contribution in [0.2, 0.25) is 0 Å². The molecular formula is C9H11NOS. The second-order valence-electron chi connectivity index (χ2n) is 2.25. The number of benzene rings is 1. The van der Waals surface area contributed by atoms with Crippen molar-refractivity contribution >= 4 is 18.0 Å². The minimum absolute atomic E-state index is 0.802. The van der Waals surface area contributed by atoms with Gasteiger partial charge in [-0.25, -0.2) is 0 Å². The highest BCUT2D eigenvalue weighted by Gasteiger charge is 1.89. The van der Waals surface area contributed by atoms with Gasteiger partial charge in [0.2, 0.25) is 0 Å². The smallest absolute Gasteiger partial charge is 0.0444 e. The molecule has 1 aromatic rings. The van der Waals surface area contributed by atoms with Gasteiger partial charge in [-0.05, 0) is 18.6 Å². The average molecular weight is 181 g/mol. The molecule has 0 radical (unpaired) electrons. The lowest BCUT2D eigenvalue weighted by Gasteiger charge is -1.96. The third-order valence-corrected chi connectivity index (χ3v) is 2.39. The molecule has 0 unspecified atom stereocenters.